The third kappa shape index (κ3) is 11.2. The van der Waals surface area contributed by atoms with Crippen LogP contribution in [0, 0.1) is 22.7 Å². The minimum atomic E-state index is -3.44. The van der Waals surface area contributed by atoms with Gasteiger partial charge >= 0.3 is 169 Å². The molecule has 0 radical (unpaired) electrons. The Bertz CT molecular complexity index is 1850. The van der Waals surface area contributed by atoms with Crippen LogP contribution < -0.4 is 143 Å². The fraction of sp³-hybridized carbons (Fsp3) is 0.474. The van der Waals surface area contributed by atoms with Gasteiger partial charge in [0, 0.05) is 38.2 Å². The van der Waals surface area contributed by atoms with Crippen LogP contribution in [0.1, 0.15) is 97.9 Å². The van der Waals surface area contributed by atoms with Gasteiger partial charge in [0.15, 0.2) is 0 Å². The van der Waals surface area contributed by atoms with Crippen LogP contribution in [0.5, 0.6) is 0 Å². The van der Waals surface area contributed by atoms with Crippen molar-refractivity contribution in [2.24, 2.45) is 22.7 Å². The Morgan fingerprint density at radius 2 is 1.21 bits per heavy atom. The Morgan fingerprint density at radius 1 is 0.768 bits per heavy atom. The van der Waals surface area contributed by atoms with Gasteiger partial charge in [-0.15, -0.1) is 0 Å². The molecule has 2 aromatic carbocycles. The van der Waals surface area contributed by atoms with Crippen molar-refractivity contribution in [3.63, 3.8) is 0 Å². The number of rotatable bonds is 6. The second-order valence-electron chi connectivity index (χ2n) is 13.8. The van der Waals surface area contributed by atoms with Gasteiger partial charge in [-0.1, -0.05) is 43.8 Å². The summed E-state index contributed by atoms with van der Waals surface area (Å²) >= 11 is 0. The van der Waals surface area contributed by atoms with Gasteiger partial charge in [-0.3, -0.25) is 23.7 Å². The number of hydrogen-bond acceptors (Lipinski definition) is 15. The van der Waals surface area contributed by atoms with Crippen molar-refractivity contribution in [2.45, 2.75) is 64.6 Å². The molecule has 1 atom stereocenters. The van der Waals surface area contributed by atoms with Crippen molar-refractivity contribution in [2.75, 3.05) is 28.4 Å². The average Bonchev–Trinajstić information content (AvgIpc) is 3.64. The summed E-state index contributed by atoms with van der Waals surface area (Å²) in [6.07, 6.45) is 6.77. The van der Waals surface area contributed by atoms with Crippen molar-refractivity contribution in [1.82, 2.24) is 0 Å². The predicted octanol–water partition coefficient (Wildman–Crippen LogP) is -0.617. The van der Waals surface area contributed by atoms with Gasteiger partial charge in [0.25, 0.3) is 6.47 Å². The number of ether oxygens (including phenoxy) is 4. The number of esters is 4. The van der Waals surface area contributed by atoms with E-state index in [1.165, 1.54) is 34.0 Å². The summed E-state index contributed by atoms with van der Waals surface area (Å²) in [6.45, 7) is -0.181. The smallest absolute Gasteiger partial charge is 1.00 e. The van der Waals surface area contributed by atoms with Crippen LogP contribution in [0.3, 0.4) is 0 Å². The molecule has 0 bridgehead atoms. The molecule has 294 valence electrons. The number of ketones is 1. The van der Waals surface area contributed by atoms with Gasteiger partial charge in [0.05, 0.1) is 37.2 Å². The average molecular weight is 1040 g/mol. The molecule has 15 nitrogen and oxygen atoms in total. The third-order valence-electron chi connectivity index (χ3n) is 10.5. The number of allylic oxidation sites excluding steroid dienone is 1. The fourth-order valence-electron chi connectivity index (χ4n) is 7.97. The summed E-state index contributed by atoms with van der Waals surface area (Å²) in [5.74, 6) is -0.709. The molecule has 4 saturated carbocycles. The number of cyclic esters (lactones) is 2. The second-order valence-corrected chi connectivity index (χ2v) is 16.1. The first-order chi connectivity index (χ1) is 25.3. The van der Waals surface area contributed by atoms with E-state index < -0.39 is 19.4 Å². The Kier molecular flexibility index (Phi) is 20.5. The van der Waals surface area contributed by atoms with Crippen molar-refractivity contribution in [3.8, 4) is 0 Å². The molecule has 0 saturated heterocycles. The maximum Gasteiger partial charge on any atom is 1.00 e. The van der Waals surface area contributed by atoms with E-state index in [2.05, 4.69) is 9.62 Å². The van der Waals surface area contributed by atoms with Crippen LogP contribution in [-0.2, 0) is 56.6 Å². The maximum absolute atomic E-state index is 12.1. The summed E-state index contributed by atoms with van der Waals surface area (Å²) in [5, 5.41) is 8.43. The molecule has 4 fully saturated rings. The Hall–Kier alpha value is -0.586. The van der Waals surface area contributed by atoms with Crippen molar-refractivity contribution in [3.05, 3.63) is 76.4 Å². The molecule has 8 rings (SSSR count). The van der Waals surface area contributed by atoms with E-state index in [1.807, 2.05) is 18.2 Å². The van der Waals surface area contributed by atoms with Crippen LogP contribution in [0.4, 0.5) is 0 Å². The quantitative estimate of drug-likeness (QED) is 0.0884. The molecule has 2 spiro atoms. The minimum Gasteiger partial charge on any atom is -1.00 e. The first kappa shape index (κ1) is 51.6. The molecule has 2 heterocycles. The minimum absolute atomic E-state index is 0. The number of methoxy groups -OCH3 is 2. The normalized spacial score (nSPS) is 22.6. The molecular weight excluding hydrogens is 993 g/mol. The van der Waals surface area contributed by atoms with Gasteiger partial charge in [0.2, 0.25) is 5.85 Å². The van der Waals surface area contributed by atoms with E-state index in [1.54, 1.807) is 30.3 Å². The Balaban J connectivity index is 0.000000407. The Morgan fingerprint density at radius 3 is 1.66 bits per heavy atom. The number of benzene rings is 2. The number of Topliss-reactive ketones (excluding diaryl/α,β-unsaturated/α-hetero) is 1. The number of hydrogen-bond donors (Lipinski definition) is 0. The fourth-order valence-corrected chi connectivity index (χ4v) is 9.29. The maximum atomic E-state index is 12.1. The SMILES string of the molecule is C.COC(=O)C1CC2(CC(=C3OC(=O)c4ccccc43)C2)C1.COC(=O)C1CC2(CC(=O)C2)C1.COP(=O)(OC)C1OC(=O)c2ccccc21.O=CO[O-].[Cs+].[Cs+].[H-]. The number of carbonyl (C=O) groups excluding carboxylic acids is 6. The molecule has 0 N–H and O–H groups in total. The standard InChI is InChI=1S/C17H16O4.C10H11O5P.C9H12O3.CH2O3.CH4.2Cs.H/c1-20-15(18)11-8-17(9-11)6-10(7-17)14-12-4-2-3-5-13(12)16(19)21-14;1-13-16(12,14-2)10-8-6-4-3-5-7(8)9(11)15-10;1-12-8(11)6-2-9(3-6)4-7(10)5-9;2-1-4-3;;;;/h2-5,11H,6-9H2,1H3;3-6,10H,1-2H3;6H,2-5H2,1H3;1,3H;1H4;;;/q;;;;;2*+1;-1/p-1. The van der Waals surface area contributed by atoms with Crippen LogP contribution >= 0.6 is 7.60 Å². The molecule has 56 heavy (non-hydrogen) atoms. The van der Waals surface area contributed by atoms with Crippen molar-refractivity contribution in [1.29, 1.82) is 0 Å². The molecule has 1 unspecified atom stereocenters. The summed E-state index contributed by atoms with van der Waals surface area (Å²) in [5.41, 5.74) is 4.18. The zero-order valence-electron chi connectivity index (χ0n) is 32.7. The third-order valence-corrected chi connectivity index (χ3v) is 12.5. The molecule has 0 amide bonds. The largest absolute Gasteiger partial charge is 1.00 e. The number of fused-ring (bicyclic) bond motifs is 2. The molecular formula is C38H45Cs2O15P. The van der Waals surface area contributed by atoms with Crippen molar-refractivity contribution >= 4 is 49.5 Å². The summed E-state index contributed by atoms with van der Waals surface area (Å²) < 4.78 is 41.7. The van der Waals surface area contributed by atoms with E-state index in [9.17, 15) is 28.5 Å². The van der Waals surface area contributed by atoms with Gasteiger partial charge in [-0.2, -0.15) is 0 Å². The summed E-state index contributed by atoms with van der Waals surface area (Å²) in [4.78, 5) is 67.8. The van der Waals surface area contributed by atoms with Crippen LogP contribution in [-0.4, -0.2) is 64.6 Å². The van der Waals surface area contributed by atoms with Crippen LogP contribution in [0.2, 0.25) is 0 Å². The van der Waals surface area contributed by atoms with E-state index in [-0.39, 0.29) is 194 Å². The van der Waals surface area contributed by atoms with Crippen molar-refractivity contribution < 1.29 is 211 Å². The van der Waals surface area contributed by atoms with Crippen LogP contribution in [0.25, 0.3) is 5.76 Å². The van der Waals surface area contributed by atoms with E-state index in [4.69, 9.17) is 33.3 Å². The molecule has 4 aliphatic carbocycles. The zero-order valence-corrected chi connectivity index (χ0v) is 45.1. The van der Waals surface area contributed by atoms with Gasteiger partial charge < -0.3 is 39.6 Å². The first-order valence-corrected chi connectivity index (χ1v) is 18.4. The Labute approximate surface area is 444 Å². The number of carbonyl (C=O) groups is 6. The monoisotopic (exact) mass is 1040 g/mol. The van der Waals surface area contributed by atoms with E-state index in [0.29, 0.717) is 35.3 Å². The summed E-state index contributed by atoms with van der Waals surface area (Å²) in [6, 6.07) is 14.3. The molecule has 18 heteroatoms. The molecule has 6 aliphatic rings. The first-order valence-electron chi connectivity index (χ1n) is 16.8. The topological polar surface area (TPSA) is 207 Å². The second kappa shape index (κ2) is 22.3. The van der Waals surface area contributed by atoms with Crippen LogP contribution in [0.15, 0.2) is 54.1 Å². The van der Waals surface area contributed by atoms with Gasteiger partial charge in [-0.05, 0) is 67.1 Å². The van der Waals surface area contributed by atoms with Gasteiger partial charge in [-0.25, -0.2) is 9.59 Å². The van der Waals surface area contributed by atoms with Gasteiger partial charge in [0.1, 0.15) is 11.5 Å². The van der Waals surface area contributed by atoms with E-state index in [0.717, 1.165) is 49.8 Å². The molecule has 2 aromatic rings. The zero-order chi connectivity index (χ0) is 38.6. The van der Waals surface area contributed by atoms with E-state index >= 15 is 0 Å². The summed E-state index contributed by atoms with van der Waals surface area (Å²) in [7, 11) is 1.94. The molecule has 0 aromatic heterocycles. The predicted molar refractivity (Wildman–Crippen MR) is 188 cm³/mol. The molecule has 2 aliphatic heterocycles.